The topological polar surface area (TPSA) is 63.1 Å². The number of para-hydroxylation sites is 1. The van der Waals surface area contributed by atoms with Crippen molar-refractivity contribution in [3.8, 4) is 0 Å². The minimum absolute atomic E-state index is 0.223. The van der Waals surface area contributed by atoms with Gasteiger partial charge in [0.15, 0.2) is 0 Å². The van der Waals surface area contributed by atoms with Crippen LogP contribution in [0.1, 0.15) is 0 Å². The van der Waals surface area contributed by atoms with E-state index in [-0.39, 0.29) is 6.03 Å². The lowest BCUT2D eigenvalue weighted by molar-refractivity contribution is 0.257. The molecule has 6 nitrogen and oxygen atoms in total. The molecule has 1 heterocycles. The second kappa shape index (κ2) is 6.31. The summed E-state index contributed by atoms with van der Waals surface area (Å²) in [7, 11) is 1.83. The summed E-state index contributed by atoms with van der Waals surface area (Å²) in [6.45, 7) is 4.14. The van der Waals surface area contributed by atoms with E-state index in [4.69, 9.17) is 0 Å². The van der Waals surface area contributed by atoms with Crippen molar-refractivity contribution in [2.24, 2.45) is 7.05 Å². The fourth-order valence-corrected chi connectivity index (χ4v) is 2.35. The first kappa shape index (κ1) is 14.8. The summed E-state index contributed by atoms with van der Waals surface area (Å²) in [6.07, 6.45) is 1.69. The highest BCUT2D eigenvalue weighted by atomic mass is 16.2. The molecule has 0 aliphatic rings. The molecule has 0 spiro atoms. The predicted molar refractivity (Wildman–Crippen MR) is 91.5 cm³/mol. The molecule has 0 atom stereocenters. The van der Waals surface area contributed by atoms with E-state index in [2.05, 4.69) is 22.2 Å². The van der Waals surface area contributed by atoms with E-state index in [0.29, 0.717) is 12.2 Å². The van der Waals surface area contributed by atoms with Gasteiger partial charge in [-0.3, -0.25) is 4.90 Å². The van der Waals surface area contributed by atoms with Crippen molar-refractivity contribution in [3.05, 3.63) is 61.2 Å². The molecule has 0 fully saturated rings. The number of hydrogen-bond donors (Lipinski definition) is 1. The Labute approximate surface area is 134 Å². The fourth-order valence-electron chi connectivity index (χ4n) is 2.35. The van der Waals surface area contributed by atoms with Gasteiger partial charge in [0.2, 0.25) is 0 Å². The van der Waals surface area contributed by atoms with Gasteiger partial charge in [-0.25, -0.2) is 9.48 Å². The maximum absolute atomic E-state index is 12.6. The number of carbonyl (C=O) groups excluding carboxylic acids is 1. The van der Waals surface area contributed by atoms with Crippen molar-refractivity contribution in [1.82, 2.24) is 15.0 Å². The molecule has 0 aliphatic carbocycles. The van der Waals surface area contributed by atoms with Gasteiger partial charge in [-0.1, -0.05) is 29.5 Å². The molecule has 0 bridgehead atoms. The number of amides is 2. The number of fused-ring (bicyclic) bond motifs is 1. The molecule has 3 aromatic rings. The van der Waals surface area contributed by atoms with Crippen LogP contribution in [0.5, 0.6) is 0 Å². The van der Waals surface area contributed by atoms with Crippen LogP contribution in [0.2, 0.25) is 0 Å². The number of rotatable bonds is 4. The second-order valence-corrected chi connectivity index (χ2v) is 5.08. The van der Waals surface area contributed by atoms with Crippen LogP contribution in [0.15, 0.2) is 61.2 Å². The lowest BCUT2D eigenvalue weighted by atomic mass is 10.2. The summed E-state index contributed by atoms with van der Waals surface area (Å²) in [5.74, 6) is 0. The van der Waals surface area contributed by atoms with Crippen molar-refractivity contribution in [2.75, 3.05) is 16.8 Å². The molecular weight excluding hydrogens is 290 g/mol. The first-order chi connectivity index (χ1) is 11.2. The van der Waals surface area contributed by atoms with E-state index in [1.165, 1.54) is 0 Å². The van der Waals surface area contributed by atoms with Gasteiger partial charge >= 0.3 is 6.03 Å². The smallest absolute Gasteiger partial charge is 0.307 e. The Balaban J connectivity index is 1.83. The van der Waals surface area contributed by atoms with E-state index in [1.807, 2.05) is 49.5 Å². The molecule has 2 aromatic carbocycles. The van der Waals surface area contributed by atoms with Gasteiger partial charge in [0.05, 0.1) is 5.52 Å². The minimum atomic E-state index is -0.223. The van der Waals surface area contributed by atoms with Crippen LogP contribution in [0.3, 0.4) is 0 Å². The highest BCUT2D eigenvalue weighted by molar-refractivity contribution is 6.02. The predicted octanol–water partition coefficient (Wildman–Crippen LogP) is 3.19. The standard InChI is InChI=1S/C17H17N5O/c1-3-11-22(14-7-5-4-6-8-14)17(23)18-13-9-10-16-15(12-13)19-20-21(16)2/h3-10,12H,1,11H2,2H3,(H,18,23). The Morgan fingerprint density at radius 1 is 1.30 bits per heavy atom. The molecule has 0 aliphatic heterocycles. The first-order valence-corrected chi connectivity index (χ1v) is 7.23. The molecule has 0 unspecified atom stereocenters. The van der Waals surface area contributed by atoms with Crippen LogP contribution in [0.25, 0.3) is 11.0 Å². The number of hydrogen-bond acceptors (Lipinski definition) is 3. The number of aromatic nitrogens is 3. The van der Waals surface area contributed by atoms with E-state index < -0.39 is 0 Å². The summed E-state index contributed by atoms with van der Waals surface area (Å²) < 4.78 is 1.69. The van der Waals surface area contributed by atoms with Crippen molar-refractivity contribution >= 4 is 28.4 Å². The van der Waals surface area contributed by atoms with Crippen LogP contribution in [-0.2, 0) is 7.05 Å². The molecule has 2 amide bonds. The van der Waals surface area contributed by atoms with Crippen LogP contribution >= 0.6 is 0 Å². The number of benzene rings is 2. The Morgan fingerprint density at radius 2 is 2.09 bits per heavy atom. The Kier molecular flexibility index (Phi) is 4.05. The van der Waals surface area contributed by atoms with Gasteiger partial charge < -0.3 is 5.32 Å². The maximum Gasteiger partial charge on any atom is 0.326 e. The number of carbonyl (C=O) groups is 1. The molecular formula is C17H17N5O. The summed E-state index contributed by atoms with van der Waals surface area (Å²) in [5.41, 5.74) is 3.13. The van der Waals surface area contributed by atoms with Gasteiger partial charge in [0.25, 0.3) is 0 Å². The molecule has 0 saturated carbocycles. The summed E-state index contributed by atoms with van der Waals surface area (Å²) in [4.78, 5) is 14.2. The molecule has 23 heavy (non-hydrogen) atoms. The van der Waals surface area contributed by atoms with Gasteiger partial charge in [-0.05, 0) is 30.3 Å². The zero-order valence-electron chi connectivity index (χ0n) is 12.8. The first-order valence-electron chi connectivity index (χ1n) is 7.23. The number of aryl methyl sites for hydroxylation is 1. The van der Waals surface area contributed by atoms with Gasteiger partial charge in [-0.2, -0.15) is 0 Å². The average Bonchev–Trinajstić information content (AvgIpc) is 2.94. The number of nitrogens with zero attached hydrogens (tertiary/aromatic N) is 4. The lowest BCUT2D eigenvalue weighted by Gasteiger charge is -2.21. The Morgan fingerprint density at radius 3 is 2.83 bits per heavy atom. The molecule has 1 N–H and O–H groups in total. The van der Waals surface area contributed by atoms with E-state index in [1.54, 1.807) is 21.7 Å². The van der Waals surface area contributed by atoms with Gasteiger partial charge in [-0.15, -0.1) is 11.7 Å². The van der Waals surface area contributed by atoms with E-state index >= 15 is 0 Å². The molecule has 3 rings (SSSR count). The van der Waals surface area contributed by atoms with Gasteiger partial charge in [0, 0.05) is 25.0 Å². The van der Waals surface area contributed by atoms with Crippen LogP contribution < -0.4 is 10.2 Å². The highest BCUT2D eigenvalue weighted by Crippen LogP contribution is 2.19. The summed E-state index contributed by atoms with van der Waals surface area (Å²) in [5, 5.41) is 10.9. The molecule has 0 saturated heterocycles. The number of urea groups is 1. The SMILES string of the molecule is C=CCN(C(=O)Nc1ccc2c(c1)nnn2C)c1ccccc1. The van der Waals surface area contributed by atoms with Crippen LogP contribution in [0, 0.1) is 0 Å². The number of nitrogens with one attached hydrogen (secondary N) is 1. The molecule has 116 valence electrons. The quantitative estimate of drug-likeness (QED) is 0.753. The normalized spacial score (nSPS) is 10.5. The molecule has 6 heteroatoms. The zero-order valence-corrected chi connectivity index (χ0v) is 12.8. The summed E-state index contributed by atoms with van der Waals surface area (Å²) >= 11 is 0. The summed E-state index contributed by atoms with van der Waals surface area (Å²) in [6, 6.07) is 14.8. The minimum Gasteiger partial charge on any atom is -0.307 e. The van der Waals surface area contributed by atoms with Crippen LogP contribution in [0.4, 0.5) is 16.2 Å². The zero-order chi connectivity index (χ0) is 16.2. The van der Waals surface area contributed by atoms with Crippen molar-refractivity contribution in [3.63, 3.8) is 0 Å². The van der Waals surface area contributed by atoms with Gasteiger partial charge in [0.1, 0.15) is 5.52 Å². The van der Waals surface area contributed by atoms with Crippen molar-refractivity contribution < 1.29 is 4.79 Å². The number of anilines is 2. The third-order valence-electron chi connectivity index (χ3n) is 3.49. The van der Waals surface area contributed by atoms with E-state index in [9.17, 15) is 4.79 Å². The van der Waals surface area contributed by atoms with Crippen LogP contribution in [-0.4, -0.2) is 27.6 Å². The molecule has 0 radical (unpaired) electrons. The third-order valence-corrected chi connectivity index (χ3v) is 3.49. The Bertz CT molecular complexity index is 841. The van der Waals surface area contributed by atoms with Crippen molar-refractivity contribution in [2.45, 2.75) is 0 Å². The third kappa shape index (κ3) is 3.06. The lowest BCUT2D eigenvalue weighted by Crippen LogP contribution is -2.35. The second-order valence-electron chi connectivity index (χ2n) is 5.08. The highest BCUT2D eigenvalue weighted by Gasteiger charge is 2.14. The average molecular weight is 307 g/mol. The largest absolute Gasteiger partial charge is 0.326 e. The Hall–Kier alpha value is -3.15. The van der Waals surface area contributed by atoms with E-state index in [0.717, 1.165) is 16.7 Å². The molecule has 1 aromatic heterocycles. The maximum atomic E-state index is 12.6. The monoisotopic (exact) mass is 307 g/mol. The fraction of sp³-hybridized carbons (Fsp3) is 0.118. The van der Waals surface area contributed by atoms with Crippen molar-refractivity contribution in [1.29, 1.82) is 0 Å².